The normalized spacial score (nSPS) is 16.0. The number of rotatable bonds is 6. The number of aliphatic hydroxyl groups is 2. The van der Waals surface area contributed by atoms with Gasteiger partial charge >= 0.3 is 0 Å². The Morgan fingerprint density at radius 2 is 2.14 bits per heavy atom. The molecule has 2 aromatic heterocycles. The molecule has 0 saturated carbocycles. The smallest absolute Gasteiger partial charge is 0.180 e. The van der Waals surface area contributed by atoms with E-state index in [1.807, 2.05) is 31.0 Å². The standard InChI is InChI=1S/C22H27N5O2/c1-26-11-9-21(25-26)27(2)17-6-7-18-15(12-17)4-3-5-16(18)13-24-20-14-23-10-8-19(20)22(28)29/h6-12,14,16,22,24,28-29H,3-5,13H2,1-2H3/t16-/m0/s1. The summed E-state index contributed by atoms with van der Waals surface area (Å²) in [5, 5.41) is 27.0. The summed E-state index contributed by atoms with van der Waals surface area (Å²) in [5.74, 6) is 1.30. The number of hydrogen-bond acceptors (Lipinski definition) is 6. The lowest BCUT2D eigenvalue weighted by atomic mass is 9.82. The van der Waals surface area contributed by atoms with Crippen molar-refractivity contribution in [3.05, 3.63) is 65.6 Å². The van der Waals surface area contributed by atoms with Crippen molar-refractivity contribution in [2.45, 2.75) is 31.5 Å². The summed E-state index contributed by atoms with van der Waals surface area (Å²) >= 11 is 0. The highest BCUT2D eigenvalue weighted by Crippen LogP contribution is 2.35. The summed E-state index contributed by atoms with van der Waals surface area (Å²) in [5.41, 5.74) is 4.98. The van der Waals surface area contributed by atoms with Crippen LogP contribution in [0, 0.1) is 0 Å². The Morgan fingerprint density at radius 3 is 2.90 bits per heavy atom. The molecule has 0 radical (unpaired) electrons. The quantitative estimate of drug-likeness (QED) is 0.558. The Kier molecular flexibility index (Phi) is 5.51. The highest BCUT2D eigenvalue weighted by Gasteiger charge is 2.22. The van der Waals surface area contributed by atoms with Gasteiger partial charge in [-0.05, 0) is 48.6 Å². The lowest BCUT2D eigenvalue weighted by molar-refractivity contribution is -0.0419. The monoisotopic (exact) mass is 393 g/mol. The average molecular weight is 393 g/mol. The summed E-state index contributed by atoms with van der Waals surface area (Å²) in [4.78, 5) is 6.20. The molecule has 7 nitrogen and oxygen atoms in total. The van der Waals surface area contributed by atoms with Crippen LogP contribution in [0.5, 0.6) is 0 Å². The van der Waals surface area contributed by atoms with E-state index in [0.29, 0.717) is 17.2 Å². The van der Waals surface area contributed by atoms with E-state index in [4.69, 9.17) is 0 Å². The molecule has 0 aliphatic heterocycles. The first kappa shape index (κ1) is 19.4. The van der Waals surface area contributed by atoms with Crippen molar-refractivity contribution < 1.29 is 10.2 Å². The first-order valence-electron chi connectivity index (χ1n) is 9.93. The predicted octanol–water partition coefficient (Wildman–Crippen LogP) is 3.10. The van der Waals surface area contributed by atoms with Gasteiger partial charge in [-0.25, -0.2) is 0 Å². The molecule has 2 heterocycles. The van der Waals surface area contributed by atoms with E-state index in [0.717, 1.165) is 37.3 Å². The Bertz CT molecular complexity index is 985. The van der Waals surface area contributed by atoms with Crippen LogP contribution in [0.15, 0.2) is 48.9 Å². The molecule has 1 aromatic carbocycles. The van der Waals surface area contributed by atoms with Crippen molar-refractivity contribution in [2.24, 2.45) is 7.05 Å². The number of nitrogens with one attached hydrogen (secondary N) is 1. The van der Waals surface area contributed by atoms with Gasteiger partial charge in [-0.1, -0.05) is 6.07 Å². The average Bonchev–Trinajstić information content (AvgIpc) is 3.17. The summed E-state index contributed by atoms with van der Waals surface area (Å²) in [6.07, 6.45) is 6.96. The maximum atomic E-state index is 9.55. The SMILES string of the molecule is CN(c1ccc2c(c1)CCC[C@H]2CNc1cnccc1C(O)O)c1ccn(C)n1. The Morgan fingerprint density at radius 1 is 1.28 bits per heavy atom. The number of aryl methyl sites for hydroxylation is 2. The lowest BCUT2D eigenvalue weighted by Crippen LogP contribution is -2.20. The molecule has 3 aromatic rings. The van der Waals surface area contributed by atoms with Crippen molar-refractivity contribution >= 4 is 17.2 Å². The van der Waals surface area contributed by atoms with Crippen LogP contribution in [0.4, 0.5) is 17.2 Å². The molecule has 29 heavy (non-hydrogen) atoms. The van der Waals surface area contributed by atoms with Gasteiger partial charge in [0.15, 0.2) is 12.1 Å². The lowest BCUT2D eigenvalue weighted by Gasteiger charge is -2.28. The van der Waals surface area contributed by atoms with Gasteiger partial charge in [0.2, 0.25) is 0 Å². The third kappa shape index (κ3) is 4.11. The fourth-order valence-electron chi connectivity index (χ4n) is 4.05. The highest BCUT2D eigenvalue weighted by molar-refractivity contribution is 5.61. The van der Waals surface area contributed by atoms with Crippen LogP contribution in [-0.2, 0) is 13.5 Å². The van der Waals surface area contributed by atoms with Crippen molar-refractivity contribution in [1.29, 1.82) is 0 Å². The van der Waals surface area contributed by atoms with Gasteiger partial charge in [-0.15, -0.1) is 0 Å². The summed E-state index contributed by atoms with van der Waals surface area (Å²) in [6, 6.07) is 10.3. The molecule has 0 fully saturated rings. The number of aliphatic hydroxyl groups excluding tert-OH is 1. The second kappa shape index (κ2) is 8.23. The predicted molar refractivity (Wildman–Crippen MR) is 113 cm³/mol. The molecule has 0 saturated heterocycles. The van der Waals surface area contributed by atoms with Gasteiger partial charge in [0.1, 0.15) is 0 Å². The topological polar surface area (TPSA) is 86.4 Å². The van der Waals surface area contributed by atoms with Gasteiger partial charge in [0.25, 0.3) is 0 Å². The van der Waals surface area contributed by atoms with Gasteiger partial charge < -0.3 is 20.4 Å². The van der Waals surface area contributed by atoms with Crippen LogP contribution in [-0.4, -0.2) is 38.6 Å². The summed E-state index contributed by atoms with van der Waals surface area (Å²) < 4.78 is 1.81. The van der Waals surface area contributed by atoms with E-state index in [1.54, 1.807) is 18.5 Å². The van der Waals surface area contributed by atoms with Gasteiger partial charge in [0, 0.05) is 56.3 Å². The summed E-state index contributed by atoms with van der Waals surface area (Å²) in [7, 11) is 3.96. The second-order valence-corrected chi connectivity index (χ2v) is 7.60. The minimum Gasteiger partial charge on any atom is -0.383 e. The molecule has 0 bridgehead atoms. The third-order valence-corrected chi connectivity index (χ3v) is 5.67. The van der Waals surface area contributed by atoms with Gasteiger partial charge in [0.05, 0.1) is 11.9 Å². The highest BCUT2D eigenvalue weighted by atomic mass is 16.5. The van der Waals surface area contributed by atoms with Crippen molar-refractivity contribution in [3.8, 4) is 0 Å². The minimum absolute atomic E-state index is 0.372. The molecular formula is C22H27N5O2. The zero-order valence-electron chi connectivity index (χ0n) is 16.8. The fourth-order valence-corrected chi connectivity index (χ4v) is 4.05. The number of nitrogens with zero attached hydrogens (tertiary/aromatic N) is 4. The number of benzene rings is 1. The largest absolute Gasteiger partial charge is 0.383 e. The molecule has 1 aliphatic rings. The molecule has 1 atom stereocenters. The number of hydrogen-bond donors (Lipinski definition) is 3. The molecule has 0 amide bonds. The molecule has 0 unspecified atom stereocenters. The Hall–Kier alpha value is -2.90. The number of aromatic nitrogens is 3. The van der Waals surface area contributed by atoms with E-state index in [-0.39, 0.29) is 0 Å². The first-order chi connectivity index (χ1) is 14.0. The van der Waals surface area contributed by atoms with Crippen LogP contribution < -0.4 is 10.2 Å². The molecule has 7 heteroatoms. The van der Waals surface area contributed by atoms with E-state index in [1.165, 1.54) is 11.1 Å². The van der Waals surface area contributed by atoms with Gasteiger partial charge in [-0.2, -0.15) is 5.10 Å². The maximum Gasteiger partial charge on any atom is 0.180 e. The zero-order chi connectivity index (χ0) is 20.4. The van der Waals surface area contributed by atoms with E-state index in [2.05, 4.69) is 38.5 Å². The number of pyridine rings is 1. The summed E-state index contributed by atoms with van der Waals surface area (Å²) in [6.45, 7) is 0.730. The van der Waals surface area contributed by atoms with Gasteiger partial charge in [-0.3, -0.25) is 9.67 Å². The van der Waals surface area contributed by atoms with E-state index < -0.39 is 6.29 Å². The van der Waals surface area contributed by atoms with Crippen LogP contribution >= 0.6 is 0 Å². The Labute approximate surface area is 170 Å². The number of anilines is 3. The molecule has 0 spiro atoms. The van der Waals surface area contributed by atoms with Crippen LogP contribution in [0.2, 0.25) is 0 Å². The number of fused-ring (bicyclic) bond motifs is 1. The zero-order valence-corrected chi connectivity index (χ0v) is 16.8. The third-order valence-electron chi connectivity index (χ3n) is 5.67. The first-order valence-corrected chi connectivity index (χ1v) is 9.93. The Balaban J connectivity index is 1.52. The molecular weight excluding hydrogens is 366 g/mol. The molecule has 1 aliphatic carbocycles. The van der Waals surface area contributed by atoms with Crippen molar-refractivity contribution in [1.82, 2.24) is 14.8 Å². The van der Waals surface area contributed by atoms with Crippen LogP contribution in [0.3, 0.4) is 0 Å². The van der Waals surface area contributed by atoms with E-state index >= 15 is 0 Å². The van der Waals surface area contributed by atoms with Crippen LogP contribution in [0.25, 0.3) is 0 Å². The van der Waals surface area contributed by atoms with Crippen LogP contribution in [0.1, 0.15) is 41.7 Å². The fraction of sp³-hybridized carbons (Fsp3) is 0.364. The maximum absolute atomic E-state index is 9.55. The molecule has 4 rings (SSSR count). The van der Waals surface area contributed by atoms with Crippen molar-refractivity contribution in [3.63, 3.8) is 0 Å². The van der Waals surface area contributed by atoms with E-state index in [9.17, 15) is 10.2 Å². The second-order valence-electron chi connectivity index (χ2n) is 7.60. The molecule has 3 N–H and O–H groups in total. The molecule has 152 valence electrons. The minimum atomic E-state index is -1.51. The van der Waals surface area contributed by atoms with Crippen molar-refractivity contribution in [2.75, 3.05) is 23.8 Å².